The zero-order chi connectivity index (χ0) is 24.8. The van der Waals surface area contributed by atoms with Crippen LogP contribution in [0.1, 0.15) is 32.8 Å². The van der Waals surface area contributed by atoms with E-state index in [1.807, 2.05) is 50.2 Å². The van der Waals surface area contributed by atoms with Crippen LogP contribution in [0.2, 0.25) is 10.0 Å². The van der Waals surface area contributed by atoms with Crippen LogP contribution < -0.4 is 10.1 Å². The van der Waals surface area contributed by atoms with Crippen molar-refractivity contribution < 1.29 is 14.3 Å². The van der Waals surface area contributed by atoms with Crippen LogP contribution in [0.3, 0.4) is 0 Å². The number of hydrogen-bond donors (Lipinski definition) is 1. The van der Waals surface area contributed by atoms with Gasteiger partial charge in [-0.1, -0.05) is 66.5 Å². The highest BCUT2D eigenvalue weighted by Gasteiger charge is 2.27. The minimum Gasteiger partial charge on any atom is -0.483 e. The Labute approximate surface area is 218 Å². The van der Waals surface area contributed by atoms with Crippen LogP contribution in [0.5, 0.6) is 5.75 Å². The standard InChI is InChI=1S/C26H27BrCl2N2O3/c1-4-16(2)30-26(33)17(3)31(14-18-9-11-21(28)22(29)13-18)24(32)15-34-23-12-10-19-7-5-6-8-20(19)25(23)27/h5-13,16-17H,4,14-15H2,1-3H3,(H,30,33)/t16-,17-/m0/s1. The SMILES string of the molecule is CC[C@H](C)NC(=O)[C@H](C)N(Cc1ccc(Cl)c(Cl)c1)C(=O)COc1ccc2ccccc2c1Br. The number of fused-ring (bicyclic) bond motifs is 1. The summed E-state index contributed by atoms with van der Waals surface area (Å²) in [5, 5.41) is 5.81. The monoisotopic (exact) mass is 564 g/mol. The van der Waals surface area contributed by atoms with Gasteiger partial charge in [0.1, 0.15) is 11.8 Å². The molecule has 0 aliphatic rings. The lowest BCUT2D eigenvalue weighted by atomic mass is 10.1. The topological polar surface area (TPSA) is 58.6 Å². The first-order valence-corrected chi connectivity index (χ1v) is 12.6. The maximum absolute atomic E-state index is 13.3. The van der Waals surface area contributed by atoms with Crippen LogP contribution in [-0.2, 0) is 16.1 Å². The summed E-state index contributed by atoms with van der Waals surface area (Å²) in [7, 11) is 0. The van der Waals surface area contributed by atoms with Gasteiger partial charge in [0, 0.05) is 12.6 Å². The number of carbonyl (C=O) groups is 2. The van der Waals surface area contributed by atoms with Gasteiger partial charge in [-0.2, -0.15) is 0 Å². The zero-order valence-electron chi connectivity index (χ0n) is 19.3. The number of benzene rings is 3. The number of amides is 2. The smallest absolute Gasteiger partial charge is 0.261 e. The average Bonchev–Trinajstić information content (AvgIpc) is 2.83. The first-order valence-electron chi connectivity index (χ1n) is 11.0. The van der Waals surface area contributed by atoms with Gasteiger partial charge >= 0.3 is 0 Å². The molecule has 0 aromatic heterocycles. The maximum Gasteiger partial charge on any atom is 0.261 e. The minimum absolute atomic E-state index is 0.00156. The predicted octanol–water partition coefficient (Wildman–Crippen LogP) is 6.62. The van der Waals surface area contributed by atoms with Gasteiger partial charge < -0.3 is 15.0 Å². The lowest BCUT2D eigenvalue weighted by Gasteiger charge is -2.29. The number of nitrogens with one attached hydrogen (secondary N) is 1. The van der Waals surface area contributed by atoms with Crippen molar-refractivity contribution in [2.45, 2.75) is 45.8 Å². The molecule has 0 heterocycles. The van der Waals surface area contributed by atoms with Gasteiger partial charge in [-0.3, -0.25) is 9.59 Å². The maximum atomic E-state index is 13.3. The molecule has 0 aliphatic carbocycles. The van der Waals surface area contributed by atoms with Gasteiger partial charge in [0.15, 0.2) is 6.61 Å². The number of nitrogens with zero attached hydrogens (tertiary/aromatic N) is 1. The van der Waals surface area contributed by atoms with E-state index in [2.05, 4.69) is 21.2 Å². The van der Waals surface area contributed by atoms with E-state index in [9.17, 15) is 9.59 Å². The van der Waals surface area contributed by atoms with E-state index in [1.54, 1.807) is 25.1 Å². The van der Waals surface area contributed by atoms with Crippen molar-refractivity contribution in [3.8, 4) is 5.75 Å². The first kappa shape index (κ1) is 26.3. The highest BCUT2D eigenvalue weighted by atomic mass is 79.9. The molecule has 0 saturated carbocycles. The number of rotatable bonds is 9. The van der Waals surface area contributed by atoms with E-state index in [1.165, 1.54) is 4.90 Å². The number of hydrogen-bond acceptors (Lipinski definition) is 3. The second-order valence-electron chi connectivity index (χ2n) is 8.15. The fourth-order valence-corrected chi connectivity index (χ4v) is 4.36. The third kappa shape index (κ3) is 6.44. The summed E-state index contributed by atoms with van der Waals surface area (Å²) in [5.41, 5.74) is 0.762. The lowest BCUT2D eigenvalue weighted by molar-refractivity contribution is -0.142. The Balaban J connectivity index is 1.81. The predicted molar refractivity (Wildman–Crippen MR) is 142 cm³/mol. The third-order valence-electron chi connectivity index (χ3n) is 5.68. The summed E-state index contributed by atoms with van der Waals surface area (Å²) in [6.07, 6.45) is 0.790. The Morgan fingerprint density at radius 1 is 1.06 bits per heavy atom. The molecule has 0 radical (unpaired) electrons. The quantitative estimate of drug-likeness (QED) is 0.317. The van der Waals surface area contributed by atoms with E-state index < -0.39 is 6.04 Å². The van der Waals surface area contributed by atoms with E-state index in [-0.39, 0.29) is 31.0 Å². The fourth-order valence-electron chi connectivity index (χ4n) is 3.43. The van der Waals surface area contributed by atoms with E-state index in [4.69, 9.17) is 27.9 Å². The van der Waals surface area contributed by atoms with Gasteiger partial charge in [-0.05, 0) is 70.7 Å². The van der Waals surface area contributed by atoms with Gasteiger partial charge in [0.2, 0.25) is 5.91 Å². The molecule has 34 heavy (non-hydrogen) atoms. The molecule has 0 saturated heterocycles. The molecule has 3 aromatic rings. The van der Waals surface area contributed by atoms with Gasteiger partial charge in [-0.25, -0.2) is 0 Å². The van der Waals surface area contributed by atoms with Crippen LogP contribution in [0.4, 0.5) is 0 Å². The molecular formula is C26H27BrCl2N2O3. The van der Waals surface area contributed by atoms with Crippen LogP contribution >= 0.6 is 39.1 Å². The normalized spacial score (nSPS) is 12.8. The molecule has 8 heteroatoms. The van der Waals surface area contributed by atoms with Crippen LogP contribution in [0.25, 0.3) is 10.8 Å². The van der Waals surface area contributed by atoms with Gasteiger partial charge in [0.05, 0.1) is 14.5 Å². The number of halogens is 3. The molecule has 0 unspecified atom stereocenters. The Hall–Kier alpha value is -2.28. The van der Waals surface area contributed by atoms with Crippen LogP contribution in [0.15, 0.2) is 59.1 Å². The van der Waals surface area contributed by atoms with Crippen molar-refractivity contribution in [3.05, 3.63) is 74.7 Å². The average molecular weight is 566 g/mol. The van der Waals surface area contributed by atoms with Crippen LogP contribution in [0, 0.1) is 0 Å². The van der Waals surface area contributed by atoms with Crippen LogP contribution in [-0.4, -0.2) is 35.4 Å². The van der Waals surface area contributed by atoms with E-state index in [0.717, 1.165) is 27.2 Å². The van der Waals surface area contributed by atoms with Crippen molar-refractivity contribution in [2.24, 2.45) is 0 Å². The van der Waals surface area contributed by atoms with Crippen molar-refractivity contribution >= 4 is 61.7 Å². The minimum atomic E-state index is -0.709. The third-order valence-corrected chi connectivity index (χ3v) is 7.24. The molecule has 0 bridgehead atoms. The summed E-state index contributed by atoms with van der Waals surface area (Å²) < 4.78 is 6.66. The number of ether oxygens (including phenoxy) is 1. The molecule has 5 nitrogen and oxygen atoms in total. The zero-order valence-corrected chi connectivity index (χ0v) is 22.4. The second kappa shape index (κ2) is 11.9. The molecular weight excluding hydrogens is 539 g/mol. The molecule has 3 aromatic carbocycles. The summed E-state index contributed by atoms with van der Waals surface area (Å²) in [5.74, 6) is 0.00539. The molecule has 180 valence electrons. The first-order chi connectivity index (χ1) is 16.2. The number of carbonyl (C=O) groups excluding carboxylic acids is 2. The molecule has 0 fully saturated rings. The molecule has 0 aliphatic heterocycles. The van der Waals surface area contributed by atoms with Crippen molar-refractivity contribution in [1.82, 2.24) is 10.2 Å². The summed E-state index contributed by atoms with van der Waals surface area (Å²) in [6, 6.07) is 16.1. The Morgan fingerprint density at radius 3 is 2.50 bits per heavy atom. The van der Waals surface area contributed by atoms with Gasteiger partial charge in [0.25, 0.3) is 5.91 Å². The molecule has 2 atom stereocenters. The summed E-state index contributed by atoms with van der Waals surface area (Å²) in [6.45, 7) is 5.59. The van der Waals surface area contributed by atoms with E-state index >= 15 is 0 Å². The van der Waals surface area contributed by atoms with E-state index in [0.29, 0.717) is 15.8 Å². The molecule has 1 N–H and O–H groups in total. The molecule has 2 amide bonds. The van der Waals surface area contributed by atoms with Crippen molar-refractivity contribution in [3.63, 3.8) is 0 Å². The highest BCUT2D eigenvalue weighted by molar-refractivity contribution is 9.10. The largest absolute Gasteiger partial charge is 0.483 e. The Morgan fingerprint density at radius 2 is 1.79 bits per heavy atom. The Kier molecular flexibility index (Phi) is 9.23. The lowest BCUT2D eigenvalue weighted by Crippen LogP contribution is -2.50. The fraction of sp³-hybridized carbons (Fsp3) is 0.308. The summed E-state index contributed by atoms with van der Waals surface area (Å²) >= 11 is 15.8. The molecule has 3 rings (SSSR count). The summed E-state index contributed by atoms with van der Waals surface area (Å²) in [4.78, 5) is 27.6. The molecule has 0 spiro atoms. The second-order valence-corrected chi connectivity index (χ2v) is 9.76. The van der Waals surface area contributed by atoms with Gasteiger partial charge in [-0.15, -0.1) is 0 Å². The Bertz CT molecular complexity index is 1190. The van der Waals surface area contributed by atoms with Crippen molar-refractivity contribution in [1.29, 1.82) is 0 Å². The highest BCUT2D eigenvalue weighted by Crippen LogP contribution is 2.33. The van der Waals surface area contributed by atoms with Crippen molar-refractivity contribution in [2.75, 3.05) is 6.61 Å².